The van der Waals surface area contributed by atoms with Crippen LogP contribution in [0.25, 0.3) is 0 Å². The van der Waals surface area contributed by atoms with Crippen molar-refractivity contribution in [3.05, 3.63) is 23.8 Å². The van der Waals surface area contributed by atoms with E-state index in [1.54, 1.807) is 0 Å². The average Bonchev–Trinajstić information content (AvgIpc) is 2.30. The van der Waals surface area contributed by atoms with Gasteiger partial charge in [-0.05, 0) is 38.5 Å². The Morgan fingerprint density at radius 2 is 1.90 bits per heavy atom. The average molecular weight is 278 g/mol. The highest BCUT2D eigenvalue weighted by Crippen LogP contribution is 2.24. The molecule has 0 spiro atoms. The second-order valence-corrected chi connectivity index (χ2v) is 5.81. The molecule has 0 radical (unpaired) electrons. The van der Waals surface area contributed by atoms with Crippen LogP contribution in [0.3, 0.4) is 0 Å². The lowest BCUT2D eigenvalue weighted by molar-refractivity contribution is -0.148. The fourth-order valence-electron chi connectivity index (χ4n) is 1.85. The summed E-state index contributed by atoms with van der Waals surface area (Å²) in [6.45, 7) is 5.07. The second-order valence-electron chi connectivity index (χ2n) is 5.81. The van der Waals surface area contributed by atoms with Crippen LogP contribution in [-0.4, -0.2) is 31.1 Å². The first-order valence-electron chi connectivity index (χ1n) is 6.45. The summed E-state index contributed by atoms with van der Waals surface area (Å²) in [6, 6.07) is 5.61. The lowest BCUT2D eigenvalue weighted by Gasteiger charge is -2.20. The molecule has 0 atom stereocenters. The summed E-state index contributed by atoms with van der Waals surface area (Å²) in [5.74, 6) is -1.28. The summed E-state index contributed by atoms with van der Waals surface area (Å²) >= 11 is 0. The third-order valence-electron chi connectivity index (χ3n) is 3.16. The van der Waals surface area contributed by atoms with Crippen LogP contribution >= 0.6 is 0 Å². The first-order valence-corrected chi connectivity index (χ1v) is 6.45. The van der Waals surface area contributed by atoms with E-state index in [1.807, 2.05) is 44.1 Å². The van der Waals surface area contributed by atoms with Gasteiger partial charge in [0, 0.05) is 31.9 Å². The molecule has 0 saturated carbocycles. The van der Waals surface area contributed by atoms with Gasteiger partial charge in [-0.3, -0.25) is 9.59 Å². The molecule has 2 N–H and O–H groups in total. The number of amides is 1. The third kappa shape index (κ3) is 3.98. The summed E-state index contributed by atoms with van der Waals surface area (Å²) in [4.78, 5) is 24.9. The van der Waals surface area contributed by atoms with Crippen molar-refractivity contribution in [1.82, 2.24) is 0 Å². The minimum Gasteiger partial charge on any atom is -0.481 e. The Labute approximate surface area is 119 Å². The number of rotatable bonds is 5. The van der Waals surface area contributed by atoms with Gasteiger partial charge in [0.2, 0.25) is 5.91 Å². The number of benzene rings is 1. The molecular formula is C15H22N2O3. The van der Waals surface area contributed by atoms with E-state index in [2.05, 4.69) is 5.32 Å². The molecule has 20 heavy (non-hydrogen) atoms. The van der Waals surface area contributed by atoms with Crippen molar-refractivity contribution in [2.24, 2.45) is 5.41 Å². The van der Waals surface area contributed by atoms with Crippen LogP contribution in [-0.2, 0) is 9.59 Å². The summed E-state index contributed by atoms with van der Waals surface area (Å²) in [5, 5.41) is 11.8. The largest absolute Gasteiger partial charge is 0.481 e. The van der Waals surface area contributed by atoms with Crippen LogP contribution in [0.4, 0.5) is 11.4 Å². The number of aliphatic carboxylic acids is 1. The van der Waals surface area contributed by atoms with Crippen molar-refractivity contribution in [3.8, 4) is 0 Å². The van der Waals surface area contributed by atoms with Crippen LogP contribution in [0.2, 0.25) is 0 Å². The molecule has 1 aromatic carbocycles. The molecule has 0 bridgehead atoms. The van der Waals surface area contributed by atoms with E-state index >= 15 is 0 Å². The first kappa shape index (κ1) is 16.0. The van der Waals surface area contributed by atoms with Crippen LogP contribution in [0.1, 0.15) is 25.8 Å². The molecule has 0 unspecified atom stereocenters. The van der Waals surface area contributed by atoms with E-state index in [1.165, 1.54) is 13.8 Å². The monoisotopic (exact) mass is 278 g/mol. The molecule has 1 rings (SSSR count). The van der Waals surface area contributed by atoms with E-state index in [-0.39, 0.29) is 12.3 Å². The fourth-order valence-corrected chi connectivity index (χ4v) is 1.85. The number of carboxylic acid groups (broad SMARTS) is 1. The first-order chi connectivity index (χ1) is 9.13. The molecule has 1 aromatic rings. The quantitative estimate of drug-likeness (QED) is 0.868. The Bertz CT molecular complexity index is 522. The molecule has 110 valence electrons. The van der Waals surface area contributed by atoms with E-state index in [9.17, 15) is 9.59 Å². The van der Waals surface area contributed by atoms with Gasteiger partial charge in [0.15, 0.2) is 0 Å². The van der Waals surface area contributed by atoms with E-state index in [0.29, 0.717) is 5.69 Å². The number of nitrogens with zero attached hydrogens (tertiary/aromatic N) is 1. The highest BCUT2D eigenvalue weighted by molar-refractivity contribution is 5.94. The zero-order valence-electron chi connectivity index (χ0n) is 12.7. The van der Waals surface area contributed by atoms with Crippen molar-refractivity contribution in [2.45, 2.75) is 27.2 Å². The number of carbonyl (C=O) groups is 2. The number of hydrogen-bond acceptors (Lipinski definition) is 3. The molecule has 5 nitrogen and oxygen atoms in total. The molecule has 0 aromatic heterocycles. The number of anilines is 2. The zero-order chi connectivity index (χ0) is 15.5. The Morgan fingerprint density at radius 3 is 2.40 bits per heavy atom. The molecule has 0 fully saturated rings. The van der Waals surface area contributed by atoms with Gasteiger partial charge >= 0.3 is 5.97 Å². The number of nitrogens with one attached hydrogen (secondary N) is 1. The standard InChI is InChI=1S/C15H22N2O3/c1-10-6-7-11(8-12(10)17(4)5)16-13(18)9-15(2,3)14(19)20/h6-8H,9H2,1-5H3,(H,16,18)(H,19,20). The van der Waals surface area contributed by atoms with E-state index in [4.69, 9.17) is 5.11 Å². The molecule has 0 aliphatic carbocycles. The minimum atomic E-state index is -1.07. The topological polar surface area (TPSA) is 69.6 Å². The van der Waals surface area contributed by atoms with Gasteiger partial charge in [-0.2, -0.15) is 0 Å². The number of hydrogen-bond donors (Lipinski definition) is 2. The molecule has 0 aliphatic rings. The maximum absolute atomic E-state index is 11.9. The lowest BCUT2D eigenvalue weighted by Crippen LogP contribution is -2.29. The summed E-state index contributed by atoms with van der Waals surface area (Å²) in [6.07, 6.45) is -0.0620. The maximum Gasteiger partial charge on any atom is 0.309 e. The highest BCUT2D eigenvalue weighted by Gasteiger charge is 2.30. The van der Waals surface area contributed by atoms with Crippen molar-refractivity contribution >= 4 is 23.3 Å². The maximum atomic E-state index is 11.9. The van der Waals surface area contributed by atoms with Crippen molar-refractivity contribution < 1.29 is 14.7 Å². The summed E-state index contributed by atoms with van der Waals surface area (Å²) < 4.78 is 0. The smallest absolute Gasteiger partial charge is 0.309 e. The van der Waals surface area contributed by atoms with Gasteiger partial charge in [0.05, 0.1) is 5.41 Å². The minimum absolute atomic E-state index is 0.0620. The molecule has 1 amide bonds. The second kappa shape index (κ2) is 5.94. The third-order valence-corrected chi connectivity index (χ3v) is 3.16. The number of aryl methyl sites for hydroxylation is 1. The lowest BCUT2D eigenvalue weighted by atomic mass is 9.89. The van der Waals surface area contributed by atoms with Crippen LogP contribution in [0, 0.1) is 12.3 Å². The summed E-state index contributed by atoms with van der Waals surface area (Å²) in [5.41, 5.74) is 1.73. The molecule has 0 heterocycles. The SMILES string of the molecule is Cc1ccc(NC(=O)CC(C)(C)C(=O)O)cc1N(C)C. The Kier molecular flexibility index (Phi) is 4.76. The van der Waals surface area contributed by atoms with Crippen LogP contribution in [0.15, 0.2) is 18.2 Å². The van der Waals surface area contributed by atoms with Gasteiger partial charge in [-0.25, -0.2) is 0 Å². The van der Waals surface area contributed by atoms with Gasteiger partial charge in [0.1, 0.15) is 0 Å². The predicted octanol–water partition coefficient (Wildman–Crippen LogP) is 2.50. The normalized spacial score (nSPS) is 11.1. The molecule has 0 aliphatic heterocycles. The van der Waals surface area contributed by atoms with Crippen molar-refractivity contribution in [1.29, 1.82) is 0 Å². The Morgan fingerprint density at radius 1 is 1.30 bits per heavy atom. The van der Waals surface area contributed by atoms with Gasteiger partial charge in [-0.1, -0.05) is 6.07 Å². The summed E-state index contributed by atoms with van der Waals surface area (Å²) in [7, 11) is 3.86. The molecule has 5 heteroatoms. The Hall–Kier alpha value is -2.04. The van der Waals surface area contributed by atoms with Gasteiger partial charge < -0.3 is 15.3 Å². The fraction of sp³-hybridized carbons (Fsp3) is 0.467. The van der Waals surface area contributed by atoms with Crippen molar-refractivity contribution in [2.75, 3.05) is 24.3 Å². The molecule has 0 saturated heterocycles. The molecular weight excluding hydrogens is 256 g/mol. The van der Waals surface area contributed by atoms with E-state index < -0.39 is 11.4 Å². The highest BCUT2D eigenvalue weighted by atomic mass is 16.4. The van der Waals surface area contributed by atoms with Crippen LogP contribution < -0.4 is 10.2 Å². The number of carboxylic acids is 1. The van der Waals surface area contributed by atoms with Gasteiger partial charge in [-0.15, -0.1) is 0 Å². The Balaban J connectivity index is 2.82. The predicted molar refractivity (Wildman–Crippen MR) is 80.2 cm³/mol. The van der Waals surface area contributed by atoms with Crippen LogP contribution in [0.5, 0.6) is 0 Å². The van der Waals surface area contributed by atoms with Gasteiger partial charge in [0.25, 0.3) is 0 Å². The van der Waals surface area contributed by atoms with Crippen molar-refractivity contribution in [3.63, 3.8) is 0 Å². The number of carbonyl (C=O) groups excluding carboxylic acids is 1. The van der Waals surface area contributed by atoms with E-state index in [0.717, 1.165) is 11.3 Å². The zero-order valence-corrected chi connectivity index (χ0v) is 12.7.